The predicted molar refractivity (Wildman–Crippen MR) is 58.3 cm³/mol. The van der Waals surface area contributed by atoms with Gasteiger partial charge in [0.05, 0.1) is 19.4 Å². The molecule has 0 heterocycles. The van der Waals surface area contributed by atoms with Crippen LogP contribution in [0.2, 0.25) is 0 Å². The van der Waals surface area contributed by atoms with Crippen molar-refractivity contribution in [2.75, 3.05) is 25.6 Å². The van der Waals surface area contributed by atoms with Gasteiger partial charge in [-0.2, -0.15) is 0 Å². The first kappa shape index (κ1) is 10.7. The van der Waals surface area contributed by atoms with Crippen molar-refractivity contribution in [1.29, 1.82) is 0 Å². The van der Waals surface area contributed by atoms with E-state index in [0.717, 1.165) is 23.7 Å². The third-order valence-electron chi connectivity index (χ3n) is 1.85. The average molecular weight is 195 g/mol. The van der Waals surface area contributed by atoms with Gasteiger partial charge in [-0.15, -0.1) is 0 Å². The molecule has 1 aromatic carbocycles. The van der Waals surface area contributed by atoms with Crippen LogP contribution in [-0.4, -0.2) is 20.3 Å². The van der Waals surface area contributed by atoms with E-state index >= 15 is 0 Å². The van der Waals surface area contributed by atoms with Gasteiger partial charge in [0, 0.05) is 12.6 Å². The van der Waals surface area contributed by atoms with Gasteiger partial charge in [-0.3, -0.25) is 0 Å². The third-order valence-corrected chi connectivity index (χ3v) is 1.85. The summed E-state index contributed by atoms with van der Waals surface area (Å²) in [6.07, 6.45) is 0. The fourth-order valence-electron chi connectivity index (χ4n) is 1.27. The van der Waals surface area contributed by atoms with Crippen LogP contribution in [0, 0.1) is 0 Å². The molecule has 0 bridgehead atoms. The average Bonchev–Trinajstić information content (AvgIpc) is 2.19. The van der Waals surface area contributed by atoms with E-state index in [1.54, 1.807) is 7.11 Å². The molecule has 0 amide bonds. The number of hydrogen-bond donors (Lipinski definition) is 1. The molecule has 0 aliphatic heterocycles. The van der Waals surface area contributed by atoms with Crippen LogP contribution in [0.25, 0.3) is 0 Å². The van der Waals surface area contributed by atoms with Gasteiger partial charge in [0.1, 0.15) is 11.5 Å². The standard InChI is InChI=1S/C11H17NO2/c1-4-12-10-8-9(14-5-2)6-7-11(10)13-3/h6-8,12H,4-5H2,1-3H3. The zero-order valence-electron chi connectivity index (χ0n) is 8.96. The lowest BCUT2D eigenvalue weighted by Crippen LogP contribution is -2.00. The van der Waals surface area contributed by atoms with Crippen molar-refractivity contribution < 1.29 is 9.47 Å². The molecule has 0 aliphatic rings. The second kappa shape index (κ2) is 5.37. The molecule has 0 saturated heterocycles. The Morgan fingerprint density at radius 1 is 1.29 bits per heavy atom. The second-order valence-electron chi connectivity index (χ2n) is 2.83. The van der Waals surface area contributed by atoms with Crippen LogP contribution in [0.15, 0.2) is 18.2 Å². The number of anilines is 1. The Morgan fingerprint density at radius 3 is 2.64 bits per heavy atom. The van der Waals surface area contributed by atoms with E-state index in [1.807, 2.05) is 32.0 Å². The van der Waals surface area contributed by atoms with Gasteiger partial charge in [-0.05, 0) is 26.0 Å². The summed E-state index contributed by atoms with van der Waals surface area (Å²) in [4.78, 5) is 0. The Balaban J connectivity index is 2.88. The van der Waals surface area contributed by atoms with Gasteiger partial charge >= 0.3 is 0 Å². The fourth-order valence-corrected chi connectivity index (χ4v) is 1.27. The van der Waals surface area contributed by atoms with E-state index in [4.69, 9.17) is 9.47 Å². The van der Waals surface area contributed by atoms with E-state index in [-0.39, 0.29) is 0 Å². The minimum Gasteiger partial charge on any atom is -0.495 e. The summed E-state index contributed by atoms with van der Waals surface area (Å²) in [6.45, 7) is 5.56. The molecule has 0 atom stereocenters. The largest absolute Gasteiger partial charge is 0.495 e. The zero-order valence-corrected chi connectivity index (χ0v) is 8.96. The van der Waals surface area contributed by atoms with E-state index < -0.39 is 0 Å². The Hall–Kier alpha value is -1.38. The maximum absolute atomic E-state index is 5.40. The number of nitrogens with one attached hydrogen (secondary N) is 1. The second-order valence-corrected chi connectivity index (χ2v) is 2.83. The summed E-state index contributed by atoms with van der Waals surface area (Å²) in [5.41, 5.74) is 0.973. The van der Waals surface area contributed by atoms with Crippen LogP contribution >= 0.6 is 0 Å². The highest BCUT2D eigenvalue weighted by atomic mass is 16.5. The van der Waals surface area contributed by atoms with Gasteiger partial charge in [-0.1, -0.05) is 0 Å². The van der Waals surface area contributed by atoms with Gasteiger partial charge in [-0.25, -0.2) is 0 Å². The monoisotopic (exact) mass is 195 g/mol. The minimum absolute atomic E-state index is 0.678. The van der Waals surface area contributed by atoms with Crippen LogP contribution < -0.4 is 14.8 Å². The first-order valence-electron chi connectivity index (χ1n) is 4.86. The highest BCUT2D eigenvalue weighted by molar-refractivity contribution is 5.59. The topological polar surface area (TPSA) is 30.5 Å². The lowest BCUT2D eigenvalue weighted by Gasteiger charge is -2.11. The Kier molecular flexibility index (Phi) is 4.11. The maximum atomic E-state index is 5.40. The van der Waals surface area contributed by atoms with Crippen LogP contribution in [0.1, 0.15) is 13.8 Å². The number of hydrogen-bond acceptors (Lipinski definition) is 3. The van der Waals surface area contributed by atoms with E-state index in [0.29, 0.717) is 6.61 Å². The highest BCUT2D eigenvalue weighted by Gasteiger charge is 2.03. The SMILES string of the molecule is CCNc1cc(OCC)ccc1OC. The normalized spacial score (nSPS) is 9.64. The zero-order chi connectivity index (χ0) is 10.4. The summed E-state index contributed by atoms with van der Waals surface area (Å²) >= 11 is 0. The third kappa shape index (κ3) is 2.55. The van der Waals surface area contributed by atoms with Crippen molar-refractivity contribution in [3.05, 3.63) is 18.2 Å². The molecule has 78 valence electrons. The van der Waals surface area contributed by atoms with Crippen LogP contribution in [0.5, 0.6) is 11.5 Å². The lowest BCUT2D eigenvalue weighted by atomic mass is 10.2. The lowest BCUT2D eigenvalue weighted by molar-refractivity contribution is 0.339. The number of rotatable bonds is 5. The van der Waals surface area contributed by atoms with Gasteiger partial charge in [0.25, 0.3) is 0 Å². The molecule has 1 aromatic rings. The predicted octanol–water partition coefficient (Wildman–Crippen LogP) is 2.53. The van der Waals surface area contributed by atoms with Gasteiger partial charge in [0.2, 0.25) is 0 Å². The molecular formula is C11H17NO2. The van der Waals surface area contributed by atoms with Crippen molar-refractivity contribution in [3.63, 3.8) is 0 Å². The first-order valence-corrected chi connectivity index (χ1v) is 4.86. The molecule has 0 saturated carbocycles. The number of benzene rings is 1. The molecule has 3 nitrogen and oxygen atoms in total. The molecule has 1 N–H and O–H groups in total. The van der Waals surface area contributed by atoms with E-state index in [9.17, 15) is 0 Å². The molecule has 0 unspecified atom stereocenters. The Morgan fingerprint density at radius 2 is 2.07 bits per heavy atom. The molecule has 0 radical (unpaired) electrons. The van der Waals surface area contributed by atoms with E-state index in [2.05, 4.69) is 5.32 Å². The Labute approximate surface area is 85.0 Å². The molecule has 0 aliphatic carbocycles. The number of methoxy groups -OCH3 is 1. The van der Waals surface area contributed by atoms with E-state index in [1.165, 1.54) is 0 Å². The number of ether oxygens (including phenoxy) is 2. The maximum Gasteiger partial charge on any atom is 0.142 e. The fraction of sp³-hybridized carbons (Fsp3) is 0.455. The summed E-state index contributed by atoms with van der Waals surface area (Å²) in [5.74, 6) is 1.71. The minimum atomic E-state index is 0.678. The van der Waals surface area contributed by atoms with Crippen molar-refractivity contribution >= 4 is 5.69 Å². The molecular weight excluding hydrogens is 178 g/mol. The molecule has 0 fully saturated rings. The van der Waals surface area contributed by atoms with Crippen LogP contribution in [-0.2, 0) is 0 Å². The quantitative estimate of drug-likeness (QED) is 0.783. The molecule has 0 spiro atoms. The summed E-state index contributed by atoms with van der Waals surface area (Å²) in [7, 11) is 1.66. The van der Waals surface area contributed by atoms with Crippen molar-refractivity contribution in [2.45, 2.75) is 13.8 Å². The molecule has 3 heteroatoms. The van der Waals surface area contributed by atoms with Crippen molar-refractivity contribution in [1.82, 2.24) is 0 Å². The van der Waals surface area contributed by atoms with Crippen molar-refractivity contribution in [3.8, 4) is 11.5 Å². The molecule has 1 rings (SSSR count). The highest BCUT2D eigenvalue weighted by Crippen LogP contribution is 2.28. The van der Waals surface area contributed by atoms with Crippen molar-refractivity contribution in [2.24, 2.45) is 0 Å². The first-order chi connectivity index (χ1) is 6.81. The van der Waals surface area contributed by atoms with Gasteiger partial charge < -0.3 is 14.8 Å². The molecule has 0 aromatic heterocycles. The van der Waals surface area contributed by atoms with Crippen LogP contribution in [0.4, 0.5) is 5.69 Å². The smallest absolute Gasteiger partial charge is 0.142 e. The summed E-state index contributed by atoms with van der Waals surface area (Å²) in [5, 5.41) is 3.22. The summed E-state index contributed by atoms with van der Waals surface area (Å²) < 4.78 is 10.6. The van der Waals surface area contributed by atoms with Crippen LogP contribution in [0.3, 0.4) is 0 Å². The summed E-state index contributed by atoms with van der Waals surface area (Å²) in [6, 6.07) is 5.76. The van der Waals surface area contributed by atoms with Gasteiger partial charge in [0.15, 0.2) is 0 Å². The Bertz CT molecular complexity index is 287. The molecule has 14 heavy (non-hydrogen) atoms.